The van der Waals surface area contributed by atoms with Gasteiger partial charge in [0, 0.05) is 28.8 Å². The smallest absolute Gasteiger partial charge is 0.258 e. The van der Waals surface area contributed by atoms with Crippen LogP contribution in [0.5, 0.6) is 0 Å². The zero-order valence-electron chi connectivity index (χ0n) is 15.0. The number of alkyl halides is 3. The van der Waals surface area contributed by atoms with E-state index in [4.69, 9.17) is 0 Å². The summed E-state index contributed by atoms with van der Waals surface area (Å²) < 4.78 is 40.0. The summed E-state index contributed by atoms with van der Waals surface area (Å²) in [5.41, 5.74) is 1.49. The predicted octanol–water partition coefficient (Wildman–Crippen LogP) is 5.32. The topological polar surface area (TPSA) is 73.8 Å². The van der Waals surface area contributed by atoms with E-state index >= 15 is 0 Å². The Hall–Kier alpha value is -3.75. The molecule has 146 valence electrons. The molecular weight excluding hydrogens is 385 g/mol. The van der Waals surface area contributed by atoms with E-state index in [9.17, 15) is 23.3 Å². The molecule has 0 radical (unpaired) electrons. The van der Waals surface area contributed by atoms with E-state index in [-0.39, 0.29) is 5.69 Å². The number of nitro groups is 1. The molecule has 4 aromatic rings. The lowest BCUT2D eigenvalue weighted by atomic mass is 10.1. The molecule has 0 saturated heterocycles. The van der Waals surface area contributed by atoms with Crippen LogP contribution in [0.1, 0.15) is 11.1 Å². The number of aryl methyl sites for hydroxylation is 1. The van der Waals surface area contributed by atoms with Gasteiger partial charge in [0.05, 0.1) is 16.2 Å². The maximum atomic E-state index is 12.9. The number of rotatable bonds is 3. The second-order valence-corrected chi connectivity index (χ2v) is 6.44. The van der Waals surface area contributed by atoms with E-state index in [1.165, 1.54) is 22.9 Å². The molecule has 2 heterocycles. The van der Waals surface area contributed by atoms with Crippen molar-refractivity contribution < 1.29 is 18.1 Å². The van der Waals surface area contributed by atoms with Crippen LogP contribution in [0.2, 0.25) is 0 Å². The van der Waals surface area contributed by atoms with Gasteiger partial charge in [0.15, 0.2) is 5.65 Å². The lowest BCUT2D eigenvalue weighted by Gasteiger charge is -2.06. The van der Waals surface area contributed by atoms with Crippen LogP contribution in [-0.4, -0.2) is 19.7 Å². The minimum Gasteiger partial charge on any atom is -0.258 e. The fourth-order valence-corrected chi connectivity index (χ4v) is 3.09. The number of aromatic nitrogens is 3. The second kappa shape index (κ2) is 6.69. The van der Waals surface area contributed by atoms with Crippen molar-refractivity contribution in [2.75, 3.05) is 0 Å². The number of hydrogen-bond acceptors (Lipinski definition) is 4. The Morgan fingerprint density at radius 1 is 1.07 bits per heavy atom. The van der Waals surface area contributed by atoms with Crippen LogP contribution in [0.4, 0.5) is 18.9 Å². The van der Waals surface area contributed by atoms with E-state index in [0.29, 0.717) is 33.5 Å². The van der Waals surface area contributed by atoms with Gasteiger partial charge in [-0.15, -0.1) is 0 Å². The third kappa shape index (κ3) is 3.31. The molecule has 9 heteroatoms. The quantitative estimate of drug-likeness (QED) is 0.346. The lowest BCUT2D eigenvalue weighted by molar-refractivity contribution is -0.385. The highest BCUT2D eigenvalue weighted by Gasteiger charge is 2.30. The number of halogens is 3. The number of fused-ring (bicyclic) bond motifs is 1. The summed E-state index contributed by atoms with van der Waals surface area (Å²) in [6.07, 6.45) is -2.87. The van der Waals surface area contributed by atoms with Crippen molar-refractivity contribution in [1.82, 2.24) is 14.8 Å². The normalized spacial score (nSPS) is 11.7. The van der Waals surface area contributed by atoms with Crippen molar-refractivity contribution in [3.63, 3.8) is 0 Å². The van der Waals surface area contributed by atoms with Gasteiger partial charge in [-0.25, -0.2) is 9.67 Å². The van der Waals surface area contributed by atoms with Crippen LogP contribution in [0.15, 0.2) is 60.8 Å². The standard InChI is InChI=1S/C20H13F3N4O2/c1-12-4-9-15(11-17(12)27(28)29)26-19-16(3-2-10-24-19)18(25-26)13-5-7-14(8-6-13)20(21,22)23/h2-11H,1H3. The van der Waals surface area contributed by atoms with Crippen LogP contribution in [0, 0.1) is 17.0 Å². The maximum absolute atomic E-state index is 12.9. The molecule has 0 unspecified atom stereocenters. The van der Waals surface area contributed by atoms with Crippen molar-refractivity contribution in [2.45, 2.75) is 13.1 Å². The van der Waals surface area contributed by atoms with E-state index in [0.717, 1.165) is 12.1 Å². The van der Waals surface area contributed by atoms with Gasteiger partial charge < -0.3 is 0 Å². The summed E-state index contributed by atoms with van der Waals surface area (Å²) in [5, 5.41) is 16.4. The Morgan fingerprint density at radius 2 is 1.79 bits per heavy atom. The highest BCUT2D eigenvalue weighted by Crippen LogP contribution is 2.33. The van der Waals surface area contributed by atoms with Gasteiger partial charge in [0.2, 0.25) is 0 Å². The Balaban J connectivity index is 1.89. The maximum Gasteiger partial charge on any atom is 0.416 e. The van der Waals surface area contributed by atoms with Gasteiger partial charge in [-0.3, -0.25) is 10.1 Å². The van der Waals surface area contributed by atoms with Gasteiger partial charge in [-0.05, 0) is 37.3 Å². The van der Waals surface area contributed by atoms with Crippen molar-refractivity contribution in [3.8, 4) is 16.9 Å². The number of hydrogen-bond donors (Lipinski definition) is 0. The second-order valence-electron chi connectivity index (χ2n) is 6.44. The molecule has 0 atom stereocenters. The highest BCUT2D eigenvalue weighted by molar-refractivity contribution is 5.92. The molecule has 0 amide bonds. The van der Waals surface area contributed by atoms with E-state index in [1.54, 1.807) is 37.4 Å². The molecule has 0 N–H and O–H groups in total. The molecule has 0 aliphatic heterocycles. The van der Waals surface area contributed by atoms with Crippen LogP contribution < -0.4 is 0 Å². The van der Waals surface area contributed by atoms with Crippen LogP contribution in [0.3, 0.4) is 0 Å². The van der Waals surface area contributed by atoms with Crippen LogP contribution in [0.25, 0.3) is 28.0 Å². The summed E-state index contributed by atoms with van der Waals surface area (Å²) in [6.45, 7) is 1.63. The molecule has 4 rings (SSSR count). The molecule has 2 aromatic carbocycles. The Morgan fingerprint density at radius 3 is 2.45 bits per heavy atom. The van der Waals surface area contributed by atoms with E-state index in [1.807, 2.05) is 0 Å². The summed E-state index contributed by atoms with van der Waals surface area (Å²) in [6, 6.07) is 12.8. The van der Waals surface area contributed by atoms with Crippen molar-refractivity contribution in [3.05, 3.63) is 82.0 Å². The van der Waals surface area contributed by atoms with Crippen LogP contribution in [-0.2, 0) is 6.18 Å². The fourth-order valence-electron chi connectivity index (χ4n) is 3.09. The number of benzene rings is 2. The van der Waals surface area contributed by atoms with E-state index < -0.39 is 16.7 Å². The summed E-state index contributed by atoms with van der Waals surface area (Å²) >= 11 is 0. The first-order valence-corrected chi connectivity index (χ1v) is 8.52. The third-order valence-electron chi connectivity index (χ3n) is 4.56. The van der Waals surface area contributed by atoms with Crippen molar-refractivity contribution in [1.29, 1.82) is 0 Å². The largest absolute Gasteiger partial charge is 0.416 e. The Bertz CT molecular complexity index is 1230. The first-order chi connectivity index (χ1) is 13.8. The van der Waals surface area contributed by atoms with Gasteiger partial charge in [0.1, 0.15) is 5.69 Å². The minimum absolute atomic E-state index is 0.0573. The average Bonchev–Trinajstić information content (AvgIpc) is 3.07. The molecular formula is C20H13F3N4O2. The summed E-state index contributed by atoms with van der Waals surface area (Å²) in [5.74, 6) is 0. The number of pyridine rings is 1. The zero-order valence-corrected chi connectivity index (χ0v) is 15.0. The number of nitro benzene ring substituents is 1. The van der Waals surface area contributed by atoms with Gasteiger partial charge in [0.25, 0.3) is 5.69 Å². The molecule has 0 aliphatic rings. The summed E-state index contributed by atoms with van der Waals surface area (Å²) in [4.78, 5) is 15.1. The van der Waals surface area contributed by atoms with Crippen LogP contribution >= 0.6 is 0 Å². The molecule has 0 bridgehead atoms. The SMILES string of the molecule is Cc1ccc(-n2nc(-c3ccc(C(F)(F)F)cc3)c3cccnc32)cc1[N+](=O)[O-]. The average molecular weight is 398 g/mol. The zero-order chi connectivity index (χ0) is 20.8. The predicted molar refractivity (Wildman–Crippen MR) is 101 cm³/mol. The third-order valence-corrected chi connectivity index (χ3v) is 4.56. The molecule has 0 fully saturated rings. The lowest BCUT2D eigenvalue weighted by Crippen LogP contribution is -2.04. The van der Waals surface area contributed by atoms with E-state index in [2.05, 4.69) is 10.1 Å². The number of nitrogens with zero attached hydrogens (tertiary/aromatic N) is 4. The summed E-state index contributed by atoms with van der Waals surface area (Å²) in [7, 11) is 0. The Kier molecular flexibility index (Phi) is 4.30. The molecule has 6 nitrogen and oxygen atoms in total. The van der Waals surface area contributed by atoms with Gasteiger partial charge in [-0.2, -0.15) is 18.3 Å². The van der Waals surface area contributed by atoms with Crippen molar-refractivity contribution >= 4 is 16.7 Å². The monoisotopic (exact) mass is 398 g/mol. The highest BCUT2D eigenvalue weighted by atomic mass is 19.4. The first kappa shape index (κ1) is 18.6. The molecule has 2 aromatic heterocycles. The fraction of sp³-hybridized carbons (Fsp3) is 0.100. The first-order valence-electron chi connectivity index (χ1n) is 8.52. The van der Waals surface area contributed by atoms with Gasteiger partial charge in [-0.1, -0.05) is 18.2 Å². The molecule has 0 saturated carbocycles. The van der Waals surface area contributed by atoms with Crippen molar-refractivity contribution in [2.24, 2.45) is 0 Å². The van der Waals surface area contributed by atoms with Gasteiger partial charge >= 0.3 is 6.18 Å². The molecule has 29 heavy (non-hydrogen) atoms. The minimum atomic E-state index is -4.43. The molecule has 0 spiro atoms. The Labute approximate surface area is 162 Å². The molecule has 0 aliphatic carbocycles.